The van der Waals surface area contributed by atoms with Crippen molar-refractivity contribution in [2.75, 3.05) is 24.5 Å². The van der Waals surface area contributed by atoms with Gasteiger partial charge in [0.2, 0.25) is 18.1 Å². The predicted molar refractivity (Wildman–Crippen MR) is 149 cm³/mol. The van der Waals surface area contributed by atoms with Gasteiger partial charge in [-0.05, 0) is 31.0 Å². The van der Waals surface area contributed by atoms with E-state index < -0.39 is 22.9 Å². The number of imide groups is 1. The lowest BCUT2D eigenvalue weighted by Crippen LogP contribution is -2.55. The van der Waals surface area contributed by atoms with Gasteiger partial charge in [-0.3, -0.25) is 24.9 Å². The number of urea groups is 1. The van der Waals surface area contributed by atoms with Crippen LogP contribution in [0.3, 0.4) is 0 Å². The lowest BCUT2D eigenvalue weighted by molar-refractivity contribution is -0.128. The highest BCUT2D eigenvalue weighted by Crippen LogP contribution is 2.48. The van der Waals surface area contributed by atoms with E-state index in [0.717, 1.165) is 11.1 Å². The number of hydrogen-bond acceptors (Lipinski definition) is 8. The van der Waals surface area contributed by atoms with E-state index in [0.29, 0.717) is 48.8 Å². The van der Waals surface area contributed by atoms with Crippen molar-refractivity contribution in [3.63, 3.8) is 0 Å². The molecule has 0 aliphatic carbocycles. The van der Waals surface area contributed by atoms with Gasteiger partial charge in [0.25, 0.3) is 0 Å². The van der Waals surface area contributed by atoms with E-state index in [2.05, 4.69) is 25.3 Å². The number of hydrogen-bond donors (Lipinski definition) is 2. The molecule has 1 unspecified atom stereocenters. The van der Waals surface area contributed by atoms with Crippen LogP contribution in [0.4, 0.5) is 14.9 Å². The normalized spacial score (nSPS) is 21.3. The molecular weight excluding hydrogens is 527 g/mol. The summed E-state index contributed by atoms with van der Waals surface area (Å²) < 4.78 is 21.1. The van der Waals surface area contributed by atoms with Gasteiger partial charge in [-0.1, -0.05) is 49.3 Å². The molecule has 0 bridgehead atoms. The van der Waals surface area contributed by atoms with Crippen LogP contribution < -0.4 is 10.2 Å². The third-order valence-electron chi connectivity index (χ3n) is 8.39. The minimum Gasteiger partial charge on any atom is -0.384 e. The molecule has 11 heteroatoms. The second kappa shape index (κ2) is 10.0. The van der Waals surface area contributed by atoms with E-state index in [1.807, 2.05) is 38.1 Å². The number of benzene rings is 2. The number of aromatic nitrogens is 3. The summed E-state index contributed by atoms with van der Waals surface area (Å²) in [5.41, 5.74) is 1.50. The van der Waals surface area contributed by atoms with Crippen LogP contribution in [0.25, 0.3) is 22.3 Å². The highest BCUT2D eigenvalue weighted by atomic mass is 19.1. The van der Waals surface area contributed by atoms with E-state index >= 15 is 4.39 Å². The number of pyridine rings is 1. The van der Waals surface area contributed by atoms with Crippen molar-refractivity contribution in [2.45, 2.75) is 45.8 Å². The maximum Gasteiger partial charge on any atom is 0.328 e. The molecule has 2 saturated heterocycles. The number of aliphatic hydroxyl groups is 1. The number of rotatable bonds is 5. The van der Waals surface area contributed by atoms with Crippen molar-refractivity contribution in [2.24, 2.45) is 5.41 Å². The highest BCUT2D eigenvalue weighted by molar-refractivity contribution is 6.06. The van der Waals surface area contributed by atoms with Crippen LogP contribution in [0.15, 0.2) is 53.4 Å². The largest absolute Gasteiger partial charge is 0.384 e. The van der Waals surface area contributed by atoms with Crippen molar-refractivity contribution in [1.82, 2.24) is 25.3 Å². The molecule has 3 amide bonds. The number of carbonyl (C=O) groups is 2. The summed E-state index contributed by atoms with van der Waals surface area (Å²) in [4.78, 5) is 36.4. The van der Waals surface area contributed by atoms with Gasteiger partial charge in [-0.15, -0.1) is 0 Å². The van der Waals surface area contributed by atoms with E-state index in [9.17, 15) is 14.7 Å². The quantitative estimate of drug-likeness (QED) is 0.372. The zero-order valence-electron chi connectivity index (χ0n) is 23.1. The Balaban J connectivity index is 1.26. The standard InChI is InChI=1S/C30H31FN6O4/c1-18-24(37-12-10-25(38)34-28(37)39)14-21-23(33-18)9-8-22(26(21)31)30(40)11-13-36(16-29(30,2)3)15-19-4-6-20(7-5-19)27-32-17-41-35-27/h4-9,14,17,40H,10-13,15-16H2,1-3H3,(H,34,38,39). The minimum atomic E-state index is -1.43. The van der Waals surface area contributed by atoms with Crippen LogP contribution in [-0.2, 0) is 16.9 Å². The first-order valence-corrected chi connectivity index (χ1v) is 13.6. The number of nitrogens with one attached hydrogen (secondary N) is 1. The lowest BCUT2D eigenvalue weighted by atomic mass is 9.66. The minimum absolute atomic E-state index is 0.152. The Bertz CT molecular complexity index is 1640. The number of likely N-dealkylation sites (tertiary alicyclic amines) is 1. The van der Waals surface area contributed by atoms with Gasteiger partial charge >= 0.3 is 6.03 Å². The Morgan fingerprint density at radius 1 is 1.12 bits per heavy atom. The molecule has 0 radical (unpaired) electrons. The number of anilines is 1. The van der Waals surface area contributed by atoms with Gasteiger partial charge in [0, 0.05) is 54.5 Å². The number of nitrogens with zero attached hydrogens (tertiary/aromatic N) is 5. The molecule has 2 N–H and O–H groups in total. The average molecular weight is 559 g/mol. The van der Waals surface area contributed by atoms with Crippen LogP contribution in [0.2, 0.25) is 0 Å². The molecule has 0 saturated carbocycles. The average Bonchev–Trinajstić information content (AvgIpc) is 3.47. The maximum atomic E-state index is 16.3. The monoisotopic (exact) mass is 558 g/mol. The number of amides is 3. The van der Waals surface area contributed by atoms with Gasteiger partial charge in [-0.2, -0.15) is 4.98 Å². The van der Waals surface area contributed by atoms with Crippen molar-refractivity contribution in [1.29, 1.82) is 0 Å². The fourth-order valence-electron chi connectivity index (χ4n) is 6.06. The topological polar surface area (TPSA) is 125 Å². The molecule has 2 aliphatic rings. The van der Waals surface area contributed by atoms with Crippen LogP contribution >= 0.6 is 0 Å². The van der Waals surface area contributed by atoms with Crippen molar-refractivity contribution < 1.29 is 23.6 Å². The molecule has 212 valence electrons. The summed E-state index contributed by atoms with van der Waals surface area (Å²) in [7, 11) is 0. The second-order valence-corrected chi connectivity index (χ2v) is 11.5. The van der Waals surface area contributed by atoms with E-state index in [-0.39, 0.29) is 29.8 Å². The molecule has 2 aliphatic heterocycles. The van der Waals surface area contributed by atoms with Crippen LogP contribution in [-0.4, -0.2) is 56.7 Å². The van der Waals surface area contributed by atoms with E-state index in [1.165, 1.54) is 11.3 Å². The second-order valence-electron chi connectivity index (χ2n) is 11.5. The summed E-state index contributed by atoms with van der Waals surface area (Å²) in [5, 5.41) is 18.5. The lowest BCUT2D eigenvalue weighted by Gasteiger charge is -2.50. The fraction of sp³-hybridized carbons (Fsp3) is 0.367. The van der Waals surface area contributed by atoms with Crippen molar-refractivity contribution in [3.05, 3.63) is 71.5 Å². The Morgan fingerprint density at radius 2 is 1.90 bits per heavy atom. The summed E-state index contributed by atoms with van der Waals surface area (Å²) in [6.07, 6.45) is 1.79. The van der Waals surface area contributed by atoms with Gasteiger partial charge in [0.15, 0.2) is 0 Å². The van der Waals surface area contributed by atoms with Crippen molar-refractivity contribution >= 4 is 28.5 Å². The molecule has 2 aromatic heterocycles. The molecule has 0 spiro atoms. The summed E-state index contributed by atoms with van der Waals surface area (Å²) in [6.45, 7) is 7.64. The van der Waals surface area contributed by atoms with Crippen molar-refractivity contribution in [3.8, 4) is 11.4 Å². The van der Waals surface area contributed by atoms with Gasteiger partial charge in [0.05, 0.1) is 22.5 Å². The molecule has 4 aromatic rings. The molecule has 6 rings (SSSR count). The number of halogens is 1. The zero-order valence-corrected chi connectivity index (χ0v) is 23.1. The molecule has 41 heavy (non-hydrogen) atoms. The number of fused-ring (bicyclic) bond motifs is 1. The van der Waals surface area contributed by atoms with Gasteiger partial charge in [-0.25, -0.2) is 9.18 Å². The molecule has 1 atom stereocenters. The van der Waals surface area contributed by atoms with E-state index in [1.54, 1.807) is 25.1 Å². The number of aryl methyl sites for hydroxylation is 1. The van der Waals surface area contributed by atoms with Gasteiger partial charge in [0.1, 0.15) is 5.82 Å². The maximum absolute atomic E-state index is 16.3. The zero-order chi connectivity index (χ0) is 28.9. The Kier molecular flexibility index (Phi) is 6.58. The summed E-state index contributed by atoms with van der Waals surface area (Å²) in [5.74, 6) is -0.362. The summed E-state index contributed by atoms with van der Waals surface area (Å²) >= 11 is 0. The SMILES string of the molecule is Cc1nc2ccc(C3(O)CCN(Cc4ccc(-c5ncon5)cc4)CC3(C)C)c(F)c2cc1N1CCC(=O)NC1=O. The van der Waals surface area contributed by atoms with E-state index in [4.69, 9.17) is 4.52 Å². The first-order valence-electron chi connectivity index (χ1n) is 13.6. The van der Waals surface area contributed by atoms with Gasteiger partial charge < -0.3 is 9.63 Å². The van der Waals surface area contributed by atoms with Crippen LogP contribution in [0.5, 0.6) is 0 Å². The third-order valence-corrected chi connectivity index (χ3v) is 8.39. The predicted octanol–water partition coefficient (Wildman–Crippen LogP) is 4.30. The third kappa shape index (κ3) is 4.74. The van der Waals surface area contributed by atoms with Crippen LogP contribution in [0.1, 0.15) is 43.5 Å². The molecule has 2 fully saturated rings. The Labute approximate surface area is 236 Å². The Morgan fingerprint density at radius 3 is 2.59 bits per heavy atom. The highest BCUT2D eigenvalue weighted by Gasteiger charge is 2.50. The first-order chi connectivity index (χ1) is 19.6. The number of piperidine rings is 1. The smallest absolute Gasteiger partial charge is 0.328 e. The summed E-state index contributed by atoms with van der Waals surface area (Å²) in [6, 6.07) is 12.3. The number of carbonyl (C=O) groups excluding carboxylic acids is 2. The first kappa shape index (κ1) is 27.0. The Hall–Kier alpha value is -4.22. The molecular formula is C30H31FN6O4. The molecule has 2 aromatic carbocycles. The molecule has 4 heterocycles. The van der Waals surface area contributed by atoms with Crippen LogP contribution in [0, 0.1) is 18.2 Å². The fourth-order valence-corrected chi connectivity index (χ4v) is 6.06. The molecule has 10 nitrogen and oxygen atoms in total.